The molecular weight excluding hydrogens is 304 g/mol. The minimum atomic E-state index is -1.15. The number of carbonyl (C=O) groups excluding carboxylic acids is 3. The molecule has 2 amide bonds. The summed E-state index contributed by atoms with van der Waals surface area (Å²) in [5.74, 6) is -2.04. The molecular formula is C14H26N4O5. The smallest absolute Gasteiger partial charge is 0.320 e. The number of carboxylic acids is 1. The SMILES string of the molecule is CCCCNC(=O)CNC(=O)CNCC(=O)CC[C@H](N)C(=O)O. The second-order valence-corrected chi connectivity index (χ2v) is 5.11. The summed E-state index contributed by atoms with van der Waals surface area (Å²) in [6, 6.07) is -1.06. The number of amides is 2. The van der Waals surface area contributed by atoms with Crippen molar-refractivity contribution in [2.24, 2.45) is 5.73 Å². The Morgan fingerprint density at radius 3 is 2.30 bits per heavy atom. The van der Waals surface area contributed by atoms with Crippen LogP contribution in [0.15, 0.2) is 0 Å². The number of rotatable bonds is 13. The largest absolute Gasteiger partial charge is 0.480 e. The van der Waals surface area contributed by atoms with Crippen LogP contribution in [-0.2, 0) is 19.2 Å². The summed E-state index contributed by atoms with van der Waals surface area (Å²) < 4.78 is 0. The van der Waals surface area contributed by atoms with Crippen molar-refractivity contribution in [3.8, 4) is 0 Å². The third-order valence-electron chi connectivity index (χ3n) is 2.96. The molecule has 0 aliphatic carbocycles. The molecule has 0 aromatic rings. The van der Waals surface area contributed by atoms with E-state index in [0.29, 0.717) is 6.54 Å². The Hall–Kier alpha value is -2.00. The molecule has 0 heterocycles. The molecule has 0 spiro atoms. The molecule has 9 nitrogen and oxygen atoms in total. The van der Waals surface area contributed by atoms with Crippen molar-refractivity contribution < 1.29 is 24.3 Å². The van der Waals surface area contributed by atoms with Gasteiger partial charge >= 0.3 is 5.97 Å². The molecule has 0 saturated carbocycles. The molecule has 1 atom stereocenters. The molecule has 6 N–H and O–H groups in total. The fraction of sp³-hybridized carbons (Fsp3) is 0.714. The van der Waals surface area contributed by atoms with Gasteiger partial charge in [-0.3, -0.25) is 19.2 Å². The minimum Gasteiger partial charge on any atom is -0.480 e. The first-order chi connectivity index (χ1) is 10.9. The van der Waals surface area contributed by atoms with Crippen LogP contribution in [0.2, 0.25) is 0 Å². The number of Topliss-reactive ketones (excluding diaryl/α,β-unsaturated/α-hetero) is 1. The minimum absolute atomic E-state index is 0.0297. The fourth-order valence-corrected chi connectivity index (χ4v) is 1.55. The summed E-state index contributed by atoms with van der Waals surface area (Å²) in [5, 5.41) is 16.3. The van der Waals surface area contributed by atoms with Gasteiger partial charge in [-0.25, -0.2) is 0 Å². The lowest BCUT2D eigenvalue weighted by atomic mass is 10.1. The maximum atomic E-state index is 11.5. The van der Waals surface area contributed by atoms with Gasteiger partial charge in [0.1, 0.15) is 11.8 Å². The number of nitrogens with one attached hydrogen (secondary N) is 3. The van der Waals surface area contributed by atoms with Gasteiger partial charge in [0.05, 0.1) is 19.6 Å². The van der Waals surface area contributed by atoms with E-state index in [9.17, 15) is 19.2 Å². The first kappa shape index (κ1) is 21.0. The van der Waals surface area contributed by atoms with Crippen LogP contribution in [0.4, 0.5) is 0 Å². The predicted molar refractivity (Wildman–Crippen MR) is 83.6 cm³/mol. The van der Waals surface area contributed by atoms with E-state index in [4.69, 9.17) is 10.8 Å². The van der Waals surface area contributed by atoms with Crippen molar-refractivity contribution in [2.75, 3.05) is 26.2 Å². The van der Waals surface area contributed by atoms with Gasteiger partial charge in [-0.2, -0.15) is 0 Å². The molecule has 9 heteroatoms. The highest BCUT2D eigenvalue weighted by atomic mass is 16.4. The van der Waals surface area contributed by atoms with Crippen molar-refractivity contribution in [3.63, 3.8) is 0 Å². The first-order valence-corrected chi connectivity index (χ1v) is 7.61. The van der Waals surface area contributed by atoms with Crippen molar-refractivity contribution in [3.05, 3.63) is 0 Å². The molecule has 0 aliphatic heterocycles. The molecule has 0 aromatic carbocycles. The molecule has 23 heavy (non-hydrogen) atoms. The number of carboxylic acid groups (broad SMARTS) is 1. The molecule has 0 saturated heterocycles. The van der Waals surface area contributed by atoms with E-state index < -0.39 is 17.9 Å². The monoisotopic (exact) mass is 330 g/mol. The summed E-state index contributed by atoms with van der Waals surface area (Å²) in [4.78, 5) is 44.7. The van der Waals surface area contributed by atoms with E-state index in [1.54, 1.807) is 0 Å². The summed E-state index contributed by atoms with van der Waals surface area (Å²) in [6.07, 6.45) is 1.94. The van der Waals surface area contributed by atoms with E-state index in [1.165, 1.54) is 0 Å². The number of ketones is 1. The molecule has 132 valence electrons. The van der Waals surface area contributed by atoms with Crippen LogP contribution >= 0.6 is 0 Å². The van der Waals surface area contributed by atoms with Crippen LogP contribution in [0.1, 0.15) is 32.6 Å². The van der Waals surface area contributed by atoms with Gasteiger partial charge in [0, 0.05) is 13.0 Å². The van der Waals surface area contributed by atoms with Gasteiger partial charge in [-0.15, -0.1) is 0 Å². The maximum Gasteiger partial charge on any atom is 0.320 e. The molecule has 0 unspecified atom stereocenters. The predicted octanol–water partition coefficient (Wildman–Crippen LogP) is -1.63. The maximum absolute atomic E-state index is 11.5. The lowest BCUT2D eigenvalue weighted by molar-refractivity contribution is -0.138. The first-order valence-electron chi connectivity index (χ1n) is 7.61. The lowest BCUT2D eigenvalue weighted by Crippen LogP contribution is -2.41. The number of hydrogen-bond acceptors (Lipinski definition) is 6. The molecule has 0 rings (SSSR count). The standard InChI is InChI=1S/C14H26N4O5/c1-2-3-6-17-13(21)9-18-12(20)8-16-7-10(19)4-5-11(15)14(22)23/h11,16H,2-9,15H2,1H3,(H,17,21)(H,18,20)(H,22,23)/t11-/m0/s1. The fourth-order valence-electron chi connectivity index (χ4n) is 1.55. The van der Waals surface area contributed by atoms with Gasteiger partial charge in [-0.1, -0.05) is 13.3 Å². The van der Waals surface area contributed by atoms with Crippen molar-refractivity contribution in [2.45, 2.75) is 38.6 Å². The summed E-state index contributed by atoms with van der Waals surface area (Å²) in [6.45, 7) is 2.33. The van der Waals surface area contributed by atoms with Gasteiger partial charge in [-0.05, 0) is 12.8 Å². The van der Waals surface area contributed by atoms with Crippen molar-refractivity contribution in [1.29, 1.82) is 0 Å². The molecule has 0 aromatic heterocycles. The number of nitrogens with two attached hydrogens (primary N) is 1. The average Bonchev–Trinajstić information content (AvgIpc) is 2.50. The molecule has 0 radical (unpaired) electrons. The second kappa shape index (κ2) is 12.5. The van der Waals surface area contributed by atoms with E-state index in [1.807, 2.05) is 6.92 Å². The van der Waals surface area contributed by atoms with Gasteiger partial charge in [0.15, 0.2) is 0 Å². The Morgan fingerprint density at radius 2 is 1.70 bits per heavy atom. The van der Waals surface area contributed by atoms with Gasteiger partial charge in [0.25, 0.3) is 0 Å². The Bertz CT molecular complexity index is 414. The Morgan fingerprint density at radius 1 is 1.04 bits per heavy atom. The van der Waals surface area contributed by atoms with Gasteiger partial charge in [0.2, 0.25) is 11.8 Å². The number of unbranched alkanes of at least 4 members (excludes halogenated alkanes) is 1. The molecule has 0 fully saturated rings. The summed E-state index contributed by atoms with van der Waals surface area (Å²) in [7, 11) is 0. The van der Waals surface area contributed by atoms with E-state index in [-0.39, 0.29) is 44.2 Å². The summed E-state index contributed by atoms with van der Waals surface area (Å²) in [5.41, 5.74) is 5.28. The lowest BCUT2D eigenvalue weighted by Gasteiger charge is -2.08. The zero-order valence-corrected chi connectivity index (χ0v) is 13.4. The van der Waals surface area contributed by atoms with Crippen LogP contribution in [0.25, 0.3) is 0 Å². The zero-order chi connectivity index (χ0) is 17.7. The number of carbonyl (C=O) groups is 4. The number of hydrogen-bond donors (Lipinski definition) is 5. The van der Waals surface area contributed by atoms with Crippen molar-refractivity contribution in [1.82, 2.24) is 16.0 Å². The Labute approximate surface area is 135 Å². The molecule has 0 aliphatic rings. The quantitative estimate of drug-likeness (QED) is 0.254. The Balaban J connectivity index is 3.67. The zero-order valence-electron chi connectivity index (χ0n) is 13.4. The van der Waals surface area contributed by atoms with Crippen LogP contribution in [0, 0.1) is 0 Å². The van der Waals surface area contributed by atoms with Crippen LogP contribution in [0.5, 0.6) is 0 Å². The van der Waals surface area contributed by atoms with E-state index in [0.717, 1.165) is 12.8 Å². The normalized spacial score (nSPS) is 11.6. The highest BCUT2D eigenvalue weighted by Crippen LogP contribution is 1.95. The summed E-state index contributed by atoms with van der Waals surface area (Å²) >= 11 is 0. The Kier molecular flexibility index (Phi) is 11.4. The van der Waals surface area contributed by atoms with Gasteiger partial charge < -0.3 is 26.8 Å². The van der Waals surface area contributed by atoms with Crippen molar-refractivity contribution >= 4 is 23.6 Å². The highest BCUT2D eigenvalue weighted by molar-refractivity contribution is 5.86. The third-order valence-corrected chi connectivity index (χ3v) is 2.96. The van der Waals surface area contributed by atoms with E-state index in [2.05, 4.69) is 16.0 Å². The second-order valence-electron chi connectivity index (χ2n) is 5.11. The van der Waals surface area contributed by atoms with Crippen LogP contribution in [0.3, 0.4) is 0 Å². The number of aliphatic carboxylic acids is 1. The third kappa shape index (κ3) is 12.2. The highest BCUT2D eigenvalue weighted by Gasteiger charge is 2.13. The van der Waals surface area contributed by atoms with E-state index >= 15 is 0 Å². The van der Waals surface area contributed by atoms with Crippen LogP contribution < -0.4 is 21.7 Å². The topological polar surface area (TPSA) is 151 Å². The average molecular weight is 330 g/mol. The van der Waals surface area contributed by atoms with Crippen LogP contribution in [-0.4, -0.2) is 60.9 Å². The molecule has 0 bridgehead atoms.